The Kier molecular flexibility index (Phi) is 8.05. The van der Waals surface area contributed by atoms with Gasteiger partial charge < -0.3 is 5.32 Å². The van der Waals surface area contributed by atoms with Crippen LogP contribution in [0.15, 0.2) is 58.9 Å². The summed E-state index contributed by atoms with van der Waals surface area (Å²) >= 11 is 2.89. The molecule has 3 rings (SSSR count). The molecule has 0 unspecified atom stereocenters. The lowest BCUT2D eigenvalue weighted by atomic mass is 10.2. The molecule has 1 heterocycles. The van der Waals surface area contributed by atoms with Crippen LogP contribution >= 0.6 is 23.1 Å². The summed E-state index contributed by atoms with van der Waals surface area (Å²) < 4.78 is 26.5. The number of benzene rings is 2. The highest BCUT2D eigenvalue weighted by Crippen LogP contribution is 2.28. The molecule has 0 aliphatic heterocycles. The van der Waals surface area contributed by atoms with Crippen LogP contribution in [0.5, 0.6) is 0 Å². The number of sulfonamides is 1. The molecular formula is C21H24N4O3S3. The van der Waals surface area contributed by atoms with E-state index in [9.17, 15) is 13.2 Å². The highest BCUT2D eigenvalue weighted by Gasteiger charge is 2.18. The van der Waals surface area contributed by atoms with Crippen LogP contribution in [-0.2, 0) is 20.6 Å². The Hall–Kier alpha value is -2.43. The first-order chi connectivity index (χ1) is 14.8. The molecule has 10 heteroatoms. The maximum Gasteiger partial charge on any atom is 0.232 e. The number of anilines is 2. The monoisotopic (exact) mass is 476 g/mol. The van der Waals surface area contributed by atoms with E-state index in [-0.39, 0.29) is 18.9 Å². The van der Waals surface area contributed by atoms with E-state index in [1.54, 1.807) is 17.8 Å². The zero-order chi connectivity index (χ0) is 22.3. The predicted molar refractivity (Wildman–Crippen MR) is 127 cm³/mol. The summed E-state index contributed by atoms with van der Waals surface area (Å²) in [4.78, 5) is 12.3. The first-order valence-electron chi connectivity index (χ1n) is 9.66. The lowest BCUT2D eigenvalue weighted by Gasteiger charge is -2.22. The van der Waals surface area contributed by atoms with Gasteiger partial charge in [-0.2, -0.15) is 0 Å². The molecule has 3 aromatic rings. The first-order valence-corrected chi connectivity index (χ1v) is 13.3. The maximum atomic E-state index is 12.3. The van der Waals surface area contributed by atoms with Gasteiger partial charge in [0.2, 0.25) is 21.1 Å². The minimum atomic E-state index is -3.44. The van der Waals surface area contributed by atoms with Crippen LogP contribution in [0.4, 0.5) is 10.8 Å². The molecule has 1 amide bonds. The van der Waals surface area contributed by atoms with Crippen LogP contribution in [0.2, 0.25) is 0 Å². The van der Waals surface area contributed by atoms with Crippen LogP contribution in [-0.4, -0.2) is 37.3 Å². The van der Waals surface area contributed by atoms with E-state index in [2.05, 4.69) is 15.5 Å². The molecule has 164 valence electrons. The fourth-order valence-electron chi connectivity index (χ4n) is 2.87. The molecule has 1 aromatic heterocycles. The van der Waals surface area contributed by atoms with E-state index < -0.39 is 10.0 Å². The third-order valence-electron chi connectivity index (χ3n) is 4.31. The van der Waals surface area contributed by atoms with E-state index in [4.69, 9.17) is 0 Å². The first kappa shape index (κ1) is 23.2. The Balaban J connectivity index is 1.49. The number of carbonyl (C=O) groups is 1. The number of carbonyl (C=O) groups excluding carboxylic acids is 1. The zero-order valence-corrected chi connectivity index (χ0v) is 19.8. The Morgan fingerprint density at radius 2 is 1.90 bits per heavy atom. The molecule has 0 saturated heterocycles. The van der Waals surface area contributed by atoms with Crippen LogP contribution in [0.1, 0.15) is 24.0 Å². The number of rotatable bonds is 10. The van der Waals surface area contributed by atoms with Crippen LogP contribution < -0.4 is 9.62 Å². The van der Waals surface area contributed by atoms with Crippen LogP contribution in [0, 0.1) is 6.92 Å². The molecule has 0 atom stereocenters. The molecule has 0 radical (unpaired) electrons. The molecule has 2 aromatic carbocycles. The van der Waals surface area contributed by atoms with Crippen molar-refractivity contribution in [1.82, 2.24) is 10.2 Å². The third kappa shape index (κ3) is 7.34. The fraction of sp³-hybridized carbons (Fsp3) is 0.286. The van der Waals surface area contributed by atoms with Gasteiger partial charge in [-0.25, -0.2) is 8.42 Å². The number of amides is 1. The Morgan fingerprint density at radius 1 is 1.13 bits per heavy atom. The van der Waals surface area contributed by atoms with Crippen molar-refractivity contribution in [3.63, 3.8) is 0 Å². The highest BCUT2D eigenvalue weighted by atomic mass is 32.2. The second kappa shape index (κ2) is 10.7. The van der Waals surface area contributed by atoms with Gasteiger partial charge in [-0.3, -0.25) is 9.10 Å². The van der Waals surface area contributed by atoms with Gasteiger partial charge in [-0.15, -0.1) is 10.2 Å². The minimum Gasteiger partial charge on any atom is -0.301 e. The molecule has 7 nitrogen and oxygen atoms in total. The summed E-state index contributed by atoms with van der Waals surface area (Å²) in [5, 5.41) is 11.3. The van der Waals surface area contributed by atoms with Gasteiger partial charge in [-0.1, -0.05) is 65.6 Å². The fourth-order valence-corrected chi connectivity index (χ4v) is 5.55. The van der Waals surface area contributed by atoms with Crippen molar-refractivity contribution in [3.8, 4) is 0 Å². The summed E-state index contributed by atoms with van der Waals surface area (Å²) in [6, 6.07) is 17.4. The Morgan fingerprint density at radius 3 is 2.61 bits per heavy atom. The summed E-state index contributed by atoms with van der Waals surface area (Å²) in [6.07, 6.45) is 1.75. The SMILES string of the molecule is Cc1cccc(N(CCCC(=O)Nc2nnc(SCc3ccccc3)s2)S(C)(=O)=O)c1. The topological polar surface area (TPSA) is 92.3 Å². The van der Waals surface area contributed by atoms with Crippen LogP contribution in [0.3, 0.4) is 0 Å². The maximum absolute atomic E-state index is 12.3. The standard InChI is InChI=1S/C21H24N4O3S3/c1-16-8-6-11-18(14-16)25(31(2,27)28)13-7-12-19(26)22-20-23-24-21(30-20)29-15-17-9-4-3-5-10-17/h3-6,8-11,14H,7,12-13,15H2,1-2H3,(H,22,23,26). The second-order valence-electron chi connectivity index (χ2n) is 6.97. The average Bonchev–Trinajstić information content (AvgIpc) is 3.16. The second-order valence-corrected chi connectivity index (χ2v) is 11.1. The van der Waals surface area contributed by atoms with Crippen molar-refractivity contribution in [2.45, 2.75) is 29.9 Å². The van der Waals surface area contributed by atoms with Gasteiger partial charge in [0.25, 0.3) is 0 Å². The van der Waals surface area contributed by atoms with E-state index in [0.29, 0.717) is 17.2 Å². The Labute approximate surface area is 191 Å². The summed E-state index contributed by atoms with van der Waals surface area (Å²) in [7, 11) is -3.44. The molecular weight excluding hydrogens is 452 g/mol. The lowest BCUT2D eigenvalue weighted by molar-refractivity contribution is -0.116. The summed E-state index contributed by atoms with van der Waals surface area (Å²) in [5.41, 5.74) is 2.77. The van der Waals surface area contributed by atoms with Crippen LogP contribution in [0.25, 0.3) is 0 Å². The van der Waals surface area contributed by atoms with Crippen molar-refractivity contribution >= 4 is 49.8 Å². The average molecular weight is 477 g/mol. The third-order valence-corrected chi connectivity index (χ3v) is 7.55. The molecule has 31 heavy (non-hydrogen) atoms. The number of aryl methyl sites for hydroxylation is 1. The van der Waals surface area contributed by atoms with Crippen molar-refractivity contribution in [2.24, 2.45) is 0 Å². The van der Waals surface area contributed by atoms with Gasteiger partial charge in [0.1, 0.15) is 0 Å². The van der Waals surface area contributed by atoms with Gasteiger partial charge in [0.15, 0.2) is 4.34 Å². The van der Waals surface area contributed by atoms with Crippen molar-refractivity contribution in [2.75, 3.05) is 22.4 Å². The molecule has 0 aliphatic rings. The smallest absolute Gasteiger partial charge is 0.232 e. The van der Waals surface area contributed by atoms with E-state index in [1.807, 2.05) is 55.5 Å². The normalized spacial score (nSPS) is 11.3. The van der Waals surface area contributed by atoms with Gasteiger partial charge >= 0.3 is 0 Å². The largest absolute Gasteiger partial charge is 0.301 e. The minimum absolute atomic E-state index is 0.184. The Bertz CT molecular complexity index is 1120. The molecule has 0 aliphatic carbocycles. The summed E-state index contributed by atoms with van der Waals surface area (Å²) in [5.74, 6) is 0.567. The zero-order valence-electron chi connectivity index (χ0n) is 17.3. The van der Waals surface area contributed by atoms with Crippen molar-refractivity contribution in [3.05, 3.63) is 65.7 Å². The number of aromatic nitrogens is 2. The van der Waals surface area contributed by atoms with E-state index in [0.717, 1.165) is 15.7 Å². The number of thioether (sulfide) groups is 1. The number of nitrogens with zero attached hydrogens (tertiary/aromatic N) is 3. The number of nitrogens with one attached hydrogen (secondary N) is 1. The number of hydrogen-bond donors (Lipinski definition) is 1. The quantitative estimate of drug-likeness (QED) is 0.346. The molecule has 0 fully saturated rings. The van der Waals surface area contributed by atoms with E-state index >= 15 is 0 Å². The molecule has 0 bridgehead atoms. The van der Waals surface area contributed by atoms with Crippen molar-refractivity contribution in [1.29, 1.82) is 0 Å². The number of hydrogen-bond acceptors (Lipinski definition) is 7. The molecule has 0 saturated carbocycles. The lowest BCUT2D eigenvalue weighted by Crippen LogP contribution is -2.31. The molecule has 1 N–H and O–H groups in total. The highest BCUT2D eigenvalue weighted by molar-refractivity contribution is 8.00. The van der Waals surface area contributed by atoms with E-state index in [1.165, 1.54) is 27.5 Å². The van der Waals surface area contributed by atoms with Crippen molar-refractivity contribution < 1.29 is 13.2 Å². The predicted octanol–water partition coefficient (Wildman–Crippen LogP) is 4.32. The summed E-state index contributed by atoms with van der Waals surface area (Å²) in [6.45, 7) is 2.13. The molecule has 0 spiro atoms. The van der Waals surface area contributed by atoms with Gasteiger partial charge in [0.05, 0.1) is 11.9 Å². The van der Waals surface area contributed by atoms with Gasteiger partial charge in [-0.05, 0) is 36.6 Å². The van der Waals surface area contributed by atoms with Gasteiger partial charge in [0, 0.05) is 18.7 Å².